The zero-order valence-corrected chi connectivity index (χ0v) is 16.4. The first-order chi connectivity index (χ1) is 15.0. The molecule has 0 bridgehead atoms. The largest absolute Gasteiger partial charge is 0.478 e. The number of carbonyl (C=O) groups is 2. The van der Waals surface area contributed by atoms with Crippen molar-refractivity contribution in [3.05, 3.63) is 95.8 Å². The quantitative estimate of drug-likeness (QED) is 0.416. The SMILES string of the molecule is Nc1ccc(-c2ccccc2)cc1NC(=O)c1cn(Cc2cccc(C(=O)O)c2)nn1. The fourth-order valence-electron chi connectivity index (χ4n) is 3.13. The summed E-state index contributed by atoms with van der Waals surface area (Å²) in [6.07, 6.45) is 1.50. The summed E-state index contributed by atoms with van der Waals surface area (Å²) in [4.78, 5) is 23.8. The van der Waals surface area contributed by atoms with Crippen molar-refractivity contribution in [2.75, 3.05) is 11.1 Å². The second kappa shape index (κ2) is 8.50. The van der Waals surface area contributed by atoms with Crippen LogP contribution >= 0.6 is 0 Å². The molecule has 31 heavy (non-hydrogen) atoms. The molecule has 1 aromatic heterocycles. The Balaban J connectivity index is 1.50. The van der Waals surface area contributed by atoms with Crippen LogP contribution in [0.3, 0.4) is 0 Å². The summed E-state index contributed by atoms with van der Waals surface area (Å²) in [6, 6.07) is 21.7. The smallest absolute Gasteiger partial charge is 0.335 e. The molecule has 0 atom stereocenters. The fourth-order valence-corrected chi connectivity index (χ4v) is 3.13. The van der Waals surface area contributed by atoms with Crippen LogP contribution in [-0.4, -0.2) is 32.0 Å². The molecule has 0 radical (unpaired) electrons. The monoisotopic (exact) mass is 413 g/mol. The highest BCUT2D eigenvalue weighted by Crippen LogP contribution is 2.27. The Hall–Kier alpha value is -4.46. The first-order valence-electron chi connectivity index (χ1n) is 9.48. The summed E-state index contributed by atoms with van der Waals surface area (Å²) in [5.41, 5.74) is 9.93. The number of aromatic carboxylic acids is 1. The van der Waals surface area contributed by atoms with Crippen LogP contribution in [0.2, 0.25) is 0 Å². The maximum absolute atomic E-state index is 12.7. The van der Waals surface area contributed by atoms with Crippen molar-refractivity contribution in [1.82, 2.24) is 15.0 Å². The third-order valence-electron chi connectivity index (χ3n) is 4.70. The number of benzene rings is 3. The lowest BCUT2D eigenvalue weighted by atomic mass is 10.0. The van der Waals surface area contributed by atoms with Crippen molar-refractivity contribution in [2.45, 2.75) is 6.54 Å². The minimum Gasteiger partial charge on any atom is -0.478 e. The fraction of sp³-hybridized carbons (Fsp3) is 0.0435. The first-order valence-corrected chi connectivity index (χ1v) is 9.48. The molecule has 4 N–H and O–H groups in total. The molecule has 3 aromatic carbocycles. The van der Waals surface area contributed by atoms with E-state index < -0.39 is 11.9 Å². The Bertz CT molecular complexity index is 1250. The van der Waals surface area contributed by atoms with E-state index in [9.17, 15) is 9.59 Å². The van der Waals surface area contributed by atoms with Crippen LogP contribution in [-0.2, 0) is 6.54 Å². The molecule has 0 spiro atoms. The van der Waals surface area contributed by atoms with E-state index in [1.807, 2.05) is 42.5 Å². The maximum Gasteiger partial charge on any atom is 0.335 e. The highest BCUT2D eigenvalue weighted by Gasteiger charge is 2.14. The van der Waals surface area contributed by atoms with Gasteiger partial charge in [-0.25, -0.2) is 9.48 Å². The molecule has 1 heterocycles. The number of nitrogens with one attached hydrogen (secondary N) is 1. The molecular formula is C23H19N5O3. The molecule has 1 amide bonds. The van der Waals surface area contributed by atoms with E-state index in [0.717, 1.165) is 16.7 Å². The number of nitrogens with two attached hydrogens (primary N) is 1. The number of carbonyl (C=O) groups excluding carboxylic acids is 1. The number of nitrogens with zero attached hydrogens (tertiary/aromatic N) is 3. The van der Waals surface area contributed by atoms with Gasteiger partial charge in [0.15, 0.2) is 5.69 Å². The predicted octanol–water partition coefficient (Wildman–Crippen LogP) is 3.53. The molecule has 4 aromatic rings. The van der Waals surface area contributed by atoms with Gasteiger partial charge in [-0.3, -0.25) is 4.79 Å². The molecule has 0 aliphatic rings. The molecule has 0 fully saturated rings. The van der Waals surface area contributed by atoms with Gasteiger partial charge in [-0.05, 0) is 41.0 Å². The number of amides is 1. The van der Waals surface area contributed by atoms with Gasteiger partial charge >= 0.3 is 5.97 Å². The van der Waals surface area contributed by atoms with E-state index >= 15 is 0 Å². The lowest BCUT2D eigenvalue weighted by molar-refractivity contribution is 0.0696. The molecule has 0 unspecified atom stereocenters. The number of hydrogen-bond acceptors (Lipinski definition) is 5. The van der Waals surface area contributed by atoms with Crippen LogP contribution in [0.5, 0.6) is 0 Å². The van der Waals surface area contributed by atoms with Gasteiger partial charge in [0.1, 0.15) is 0 Å². The van der Waals surface area contributed by atoms with E-state index in [4.69, 9.17) is 10.8 Å². The van der Waals surface area contributed by atoms with Crippen LogP contribution in [0.25, 0.3) is 11.1 Å². The Morgan fingerprint density at radius 2 is 1.77 bits per heavy atom. The van der Waals surface area contributed by atoms with Crippen molar-refractivity contribution < 1.29 is 14.7 Å². The normalized spacial score (nSPS) is 10.6. The van der Waals surface area contributed by atoms with Crippen LogP contribution in [0.4, 0.5) is 11.4 Å². The van der Waals surface area contributed by atoms with Crippen molar-refractivity contribution in [3.63, 3.8) is 0 Å². The van der Waals surface area contributed by atoms with E-state index in [-0.39, 0.29) is 17.8 Å². The molecule has 4 rings (SSSR count). The van der Waals surface area contributed by atoms with Crippen molar-refractivity contribution in [1.29, 1.82) is 0 Å². The number of carboxylic acids is 1. The van der Waals surface area contributed by atoms with Gasteiger partial charge in [0.2, 0.25) is 0 Å². The summed E-state index contributed by atoms with van der Waals surface area (Å²) < 4.78 is 1.47. The number of rotatable bonds is 6. The standard InChI is InChI=1S/C23H19N5O3/c24-19-10-9-17(16-6-2-1-3-7-16)12-20(19)25-22(29)21-14-28(27-26-21)13-15-5-4-8-18(11-15)23(30)31/h1-12,14H,13,24H2,(H,25,29)(H,30,31). The van der Waals surface area contributed by atoms with Crippen LogP contribution in [0.15, 0.2) is 79.0 Å². The Kier molecular flexibility index (Phi) is 5.44. The summed E-state index contributed by atoms with van der Waals surface area (Å²) in [7, 11) is 0. The van der Waals surface area contributed by atoms with Gasteiger partial charge in [0.25, 0.3) is 5.91 Å². The Morgan fingerprint density at radius 3 is 2.55 bits per heavy atom. The number of hydrogen-bond donors (Lipinski definition) is 3. The Morgan fingerprint density at radius 1 is 0.968 bits per heavy atom. The molecule has 8 heteroatoms. The lowest BCUT2D eigenvalue weighted by Crippen LogP contribution is -2.13. The molecule has 0 saturated carbocycles. The first kappa shape index (κ1) is 19.8. The van der Waals surface area contributed by atoms with Gasteiger partial charge in [0, 0.05) is 0 Å². The van der Waals surface area contributed by atoms with Crippen molar-refractivity contribution >= 4 is 23.3 Å². The van der Waals surface area contributed by atoms with E-state index in [0.29, 0.717) is 11.4 Å². The molecule has 0 aliphatic heterocycles. The summed E-state index contributed by atoms with van der Waals surface area (Å²) in [5.74, 6) is -1.45. The number of carboxylic acid groups (broad SMARTS) is 1. The molecule has 0 aliphatic carbocycles. The third kappa shape index (κ3) is 4.59. The van der Waals surface area contributed by atoms with E-state index in [2.05, 4.69) is 15.6 Å². The predicted molar refractivity (Wildman–Crippen MR) is 117 cm³/mol. The molecule has 154 valence electrons. The van der Waals surface area contributed by atoms with Gasteiger partial charge in [0.05, 0.1) is 29.7 Å². The minimum atomic E-state index is -1.00. The highest BCUT2D eigenvalue weighted by molar-refractivity contribution is 6.04. The van der Waals surface area contributed by atoms with Gasteiger partial charge in [-0.1, -0.05) is 53.7 Å². The van der Waals surface area contributed by atoms with Gasteiger partial charge in [-0.2, -0.15) is 0 Å². The average molecular weight is 413 g/mol. The number of anilines is 2. The van der Waals surface area contributed by atoms with Crippen molar-refractivity contribution in [3.8, 4) is 11.1 Å². The van der Waals surface area contributed by atoms with Gasteiger partial charge in [-0.15, -0.1) is 5.10 Å². The van der Waals surface area contributed by atoms with Crippen molar-refractivity contribution in [2.24, 2.45) is 0 Å². The summed E-state index contributed by atoms with van der Waals surface area (Å²) in [6.45, 7) is 0.285. The zero-order chi connectivity index (χ0) is 21.8. The highest BCUT2D eigenvalue weighted by atomic mass is 16.4. The zero-order valence-electron chi connectivity index (χ0n) is 16.4. The average Bonchev–Trinajstić information content (AvgIpc) is 3.24. The molecule has 8 nitrogen and oxygen atoms in total. The maximum atomic E-state index is 12.7. The lowest BCUT2D eigenvalue weighted by Gasteiger charge is -2.09. The second-order valence-electron chi connectivity index (χ2n) is 6.93. The Labute approximate surface area is 177 Å². The summed E-state index contributed by atoms with van der Waals surface area (Å²) >= 11 is 0. The van der Waals surface area contributed by atoms with Crippen LogP contribution < -0.4 is 11.1 Å². The van der Waals surface area contributed by atoms with Crippen LogP contribution in [0.1, 0.15) is 26.4 Å². The molecular weight excluding hydrogens is 394 g/mol. The van der Waals surface area contributed by atoms with E-state index in [1.165, 1.54) is 16.9 Å². The topological polar surface area (TPSA) is 123 Å². The van der Waals surface area contributed by atoms with E-state index in [1.54, 1.807) is 24.3 Å². The second-order valence-corrected chi connectivity index (χ2v) is 6.93. The molecule has 0 saturated heterocycles. The van der Waals surface area contributed by atoms with Gasteiger partial charge < -0.3 is 16.2 Å². The summed E-state index contributed by atoms with van der Waals surface area (Å²) in [5, 5.41) is 19.8. The minimum absolute atomic E-state index is 0.124. The van der Waals surface area contributed by atoms with Crippen LogP contribution in [0, 0.1) is 0 Å². The number of nitrogen functional groups attached to an aromatic ring is 1. The number of aromatic nitrogens is 3. The third-order valence-corrected chi connectivity index (χ3v) is 4.70.